The van der Waals surface area contributed by atoms with Crippen LogP contribution in [0.3, 0.4) is 0 Å². The molecule has 28 heavy (non-hydrogen) atoms. The van der Waals surface area contributed by atoms with Crippen molar-refractivity contribution < 1.29 is 26.4 Å². The second kappa shape index (κ2) is 7.78. The van der Waals surface area contributed by atoms with Crippen LogP contribution in [0.5, 0.6) is 5.75 Å². The van der Waals surface area contributed by atoms with Crippen molar-refractivity contribution in [3.63, 3.8) is 0 Å². The van der Waals surface area contributed by atoms with E-state index in [9.17, 15) is 21.6 Å². The highest BCUT2D eigenvalue weighted by atomic mass is 32.2. The summed E-state index contributed by atoms with van der Waals surface area (Å²) in [6.07, 6.45) is 0. The molecule has 1 aliphatic heterocycles. The van der Waals surface area contributed by atoms with E-state index in [0.29, 0.717) is 0 Å². The van der Waals surface area contributed by atoms with Crippen molar-refractivity contribution in [2.45, 2.75) is 9.79 Å². The van der Waals surface area contributed by atoms with Gasteiger partial charge in [-0.25, -0.2) is 16.8 Å². The van der Waals surface area contributed by atoms with Gasteiger partial charge in [0, 0.05) is 13.1 Å². The average Bonchev–Trinajstić information content (AvgIpc) is 2.68. The molecule has 3 rings (SSSR count). The second-order valence-corrected chi connectivity index (χ2v) is 9.56. The van der Waals surface area contributed by atoms with Crippen LogP contribution in [-0.4, -0.2) is 53.8 Å². The summed E-state index contributed by atoms with van der Waals surface area (Å²) in [6.45, 7) is 0.0862. The predicted molar refractivity (Wildman–Crippen MR) is 102 cm³/mol. The fourth-order valence-corrected chi connectivity index (χ4v) is 5.40. The van der Waals surface area contributed by atoms with Crippen LogP contribution >= 0.6 is 0 Å². The van der Waals surface area contributed by atoms with Crippen LogP contribution in [0.2, 0.25) is 0 Å². The molecular formula is C17H19N3O6S2. The van der Waals surface area contributed by atoms with Gasteiger partial charge in [-0.05, 0) is 30.3 Å². The molecule has 1 amide bonds. The number of carbonyl (C=O) groups is 1. The Morgan fingerprint density at radius 2 is 1.82 bits per heavy atom. The van der Waals surface area contributed by atoms with Crippen molar-refractivity contribution in [3.8, 4) is 5.75 Å². The molecule has 0 spiro atoms. The summed E-state index contributed by atoms with van der Waals surface area (Å²) in [7, 11) is -6.58. The van der Waals surface area contributed by atoms with E-state index in [1.165, 1.54) is 43.5 Å². The second-order valence-electron chi connectivity index (χ2n) is 5.97. The largest absolute Gasteiger partial charge is 0.495 e. The molecule has 2 aromatic rings. The summed E-state index contributed by atoms with van der Waals surface area (Å²) in [4.78, 5) is 11.3. The fraction of sp³-hybridized carbons (Fsp3) is 0.235. The zero-order valence-corrected chi connectivity index (χ0v) is 16.6. The molecule has 2 aromatic carbocycles. The molecule has 9 nitrogen and oxygen atoms in total. The van der Waals surface area contributed by atoms with E-state index in [-0.39, 0.29) is 46.8 Å². The van der Waals surface area contributed by atoms with Crippen LogP contribution in [0.15, 0.2) is 58.3 Å². The first-order valence-electron chi connectivity index (χ1n) is 8.27. The van der Waals surface area contributed by atoms with Crippen molar-refractivity contribution in [1.29, 1.82) is 0 Å². The standard InChI is InChI=1S/C17H19N3O6S2/c1-26-15-7-2-3-8-16(15)27(22,23)19-13-5-4-6-14(11-13)28(24,25)20-10-9-18-17(21)12-20/h2-8,11,19H,9-10,12H2,1H3,(H,18,21). The van der Waals surface area contributed by atoms with Crippen LogP contribution in [-0.2, 0) is 24.8 Å². The Balaban J connectivity index is 1.90. The number of carbonyl (C=O) groups excluding carboxylic acids is 1. The Hall–Kier alpha value is -2.63. The number of hydrogen-bond acceptors (Lipinski definition) is 6. The monoisotopic (exact) mass is 425 g/mol. The van der Waals surface area contributed by atoms with Crippen LogP contribution in [0.1, 0.15) is 0 Å². The lowest BCUT2D eigenvalue weighted by Crippen LogP contribution is -2.49. The van der Waals surface area contributed by atoms with Gasteiger partial charge in [0.2, 0.25) is 15.9 Å². The summed E-state index contributed by atoms with van der Waals surface area (Å²) >= 11 is 0. The van der Waals surface area contributed by atoms with Crippen LogP contribution in [0, 0.1) is 0 Å². The first-order valence-corrected chi connectivity index (χ1v) is 11.2. The smallest absolute Gasteiger partial charge is 0.265 e. The zero-order chi connectivity index (χ0) is 20.4. The van der Waals surface area contributed by atoms with E-state index in [4.69, 9.17) is 4.74 Å². The number of anilines is 1. The summed E-state index contributed by atoms with van der Waals surface area (Å²) in [6, 6.07) is 11.5. The summed E-state index contributed by atoms with van der Waals surface area (Å²) < 4.78 is 59.4. The lowest BCUT2D eigenvalue weighted by molar-refractivity contribution is -0.122. The molecule has 11 heteroatoms. The molecule has 1 heterocycles. The van der Waals surface area contributed by atoms with Gasteiger partial charge in [-0.2, -0.15) is 4.31 Å². The summed E-state index contributed by atoms with van der Waals surface area (Å²) in [5, 5.41) is 2.56. The quantitative estimate of drug-likeness (QED) is 0.700. The van der Waals surface area contributed by atoms with E-state index < -0.39 is 20.0 Å². The molecule has 0 bridgehead atoms. The number of hydrogen-bond donors (Lipinski definition) is 2. The molecule has 2 N–H and O–H groups in total. The zero-order valence-electron chi connectivity index (χ0n) is 15.0. The normalized spacial score (nSPS) is 15.7. The van der Waals surface area contributed by atoms with Gasteiger partial charge >= 0.3 is 0 Å². The lowest BCUT2D eigenvalue weighted by atomic mass is 10.3. The molecule has 0 atom stereocenters. The van der Waals surface area contributed by atoms with E-state index in [0.717, 1.165) is 4.31 Å². The van der Waals surface area contributed by atoms with E-state index in [2.05, 4.69) is 10.0 Å². The molecule has 1 aliphatic rings. The SMILES string of the molecule is COc1ccccc1S(=O)(=O)Nc1cccc(S(=O)(=O)N2CCNC(=O)C2)c1. The van der Waals surface area contributed by atoms with Crippen molar-refractivity contribution in [3.05, 3.63) is 48.5 Å². The molecule has 0 radical (unpaired) electrons. The Bertz CT molecular complexity index is 1100. The third kappa shape index (κ3) is 4.11. The van der Waals surface area contributed by atoms with Gasteiger partial charge in [-0.1, -0.05) is 18.2 Å². The number of nitrogens with one attached hydrogen (secondary N) is 2. The number of amides is 1. The third-order valence-corrected chi connectivity index (χ3v) is 7.35. The summed E-state index contributed by atoms with van der Waals surface area (Å²) in [5.74, 6) is -0.221. The maximum atomic E-state index is 12.8. The third-order valence-electron chi connectivity index (χ3n) is 4.09. The predicted octanol–water partition coefficient (Wildman–Crippen LogP) is 0.616. The molecule has 0 aliphatic carbocycles. The maximum Gasteiger partial charge on any atom is 0.265 e. The average molecular weight is 425 g/mol. The van der Waals surface area contributed by atoms with Crippen LogP contribution in [0.4, 0.5) is 5.69 Å². The number of sulfonamides is 2. The van der Waals surface area contributed by atoms with E-state index in [1.807, 2.05) is 0 Å². The molecule has 0 saturated carbocycles. The minimum absolute atomic E-state index is 0.0709. The van der Waals surface area contributed by atoms with Crippen molar-refractivity contribution in [1.82, 2.24) is 9.62 Å². The Labute approximate surface area is 163 Å². The Kier molecular flexibility index (Phi) is 5.59. The highest BCUT2D eigenvalue weighted by Crippen LogP contribution is 2.26. The number of nitrogens with zero attached hydrogens (tertiary/aromatic N) is 1. The highest BCUT2D eigenvalue weighted by molar-refractivity contribution is 7.92. The Morgan fingerprint density at radius 3 is 2.54 bits per heavy atom. The van der Waals surface area contributed by atoms with Crippen molar-refractivity contribution in [2.24, 2.45) is 0 Å². The van der Waals surface area contributed by atoms with Gasteiger partial charge in [-0.3, -0.25) is 9.52 Å². The van der Waals surface area contributed by atoms with Gasteiger partial charge in [0.25, 0.3) is 10.0 Å². The number of para-hydroxylation sites is 1. The van der Waals surface area contributed by atoms with Gasteiger partial charge in [0.05, 0.1) is 24.2 Å². The van der Waals surface area contributed by atoms with E-state index >= 15 is 0 Å². The van der Waals surface area contributed by atoms with Crippen LogP contribution in [0.25, 0.3) is 0 Å². The topological polar surface area (TPSA) is 122 Å². The minimum Gasteiger partial charge on any atom is -0.495 e. The number of piperazine rings is 1. The Morgan fingerprint density at radius 1 is 1.07 bits per heavy atom. The molecular weight excluding hydrogens is 406 g/mol. The molecule has 150 valence electrons. The molecule has 1 saturated heterocycles. The number of methoxy groups -OCH3 is 1. The molecule has 1 fully saturated rings. The van der Waals surface area contributed by atoms with Crippen molar-refractivity contribution >= 4 is 31.6 Å². The summed E-state index contributed by atoms with van der Waals surface area (Å²) in [5.41, 5.74) is 0.0773. The van der Waals surface area contributed by atoms with Crippen molar-refractivity contribution in [2.75, 3.05) is 31.5 Å². The van der Waals surface area contributed by atoms with Gasteiger partial charge in [0.1, 0.15) is 10.6 Å². The minimum atomic E-state index is -4.00. The van der Waals surface area contributed by atoms with Gasteiger partial charge in [-0.15, -0.1) is 0 Å². The van der Waals surface area contributed by atoms with Crippen LogP contribution < -0.4 is 14.8 Å². The van der Waals surface area contributed by atoms with Gasteiger partial charge in [0.15, 0.2) is 0 Å². The first kappa shape index (κ1) is 20.1. The fourth-order valence-electron chi connectivity index (χ4n) is 2.74. The number of rotatable bonds is 6. The van der Waals surface area contributed by atoms with E-state index in [1.54, 1.807) is 12.1 Å². The number of ether oxygens (including phenoxy) is 1. The number of benzene rings is 2. The van der Waals surface area contributed by atoms with Gasteiger partial charge < -0.3 is 10.1 Å². The highest BCUT2D eigenvalue weighted by Gasteiger charge is 2.29. The molecule has 0 aromatic heterocycles. The first-order chi connectivity index (χ1) is 13.2. The molecule has 0 unspecified atom stereocenters. The lowest BCUT2D eigenvalue weighted by Gasteiger charge is -2.26. The maximum absolute atomic E-state index is 12.8.